The highest BCUT2D eigenvalue weighted by atomic mass is 35.5. The van der Waals surface area contributed by atoms with Crippen molar-refractivity contribution in [1.82, 2.24) is 14.7 Å². The number of rotatable bonds is 2. The topological polar surface area (TPSA) is 56.6 Å². The summed E-state index contributed by atoms with van der Waals surface area (Å²) < 4.78 is 13.2. The van der Waals surface area contributed by atoms with Crippen LogP contribution < -0.4 is 0 Å². The van der Waals surface area contributed by atoms with Crippen LogP contribution in [0.2, 0.25) is 5.02 Å². The molecule has 1 aromatic carbocycles. The molecule has 138 valence electrons. The quantitative estimate of drug-likeness (QED) is 0.809. The fraction of sp³-hybridized carbons (Fsp3) is 0.474. The van der Waals surface area contributed by atoms with E-state index in [9.17, 15) is 4.79 Å². The van der Waals surface area contributed by atoms with Crippen LogP contribution in [0.25, 0.3) is 5.69 Å². The molecule has 1 aromatic heterocycles. The summed E-state index contributed by atoms with van der Waals surface area (Å²) in [5.74, 6) is -0.425. The number of aryl methyl sites for hydroxylation is 1. The maximum atomic E-state index is 12.8. The molecule has 0 saturated carbocycles. The summed E-state index contributed by atoms with van der Waals surface area (Å²) in [5, 5.41) is 5.12. The van der Waals surface area contributed by atoms with Gasteiger partial charge in [-0.2, -0.15) is 5.10 Å². The van der Waals surface area contributed by atoms with Gasteiger partial charge in [0.05, 0.1) is 35.3 Å². The first-order chi connectivity index (χ1) is 12.5. The zero-order valence-electron chi connectivity index (χ0n) is 15.0. The zero-order chi connectivity index (χ0) is 18.3. The molecule has 26 heavy (non-hydrogen) atoms. The Labute approximate surface area is 157 Å². The maximum Gasteiger partial charge on any atom is 0.253 e. The number of benzene rings is 1. The number of aromatic nitrogens is 2. The molecule has 0 aliphatic carbocycles. The van der Waals surface area contributed by atoms with Crippen LogP contribution in [-0.4, -0.2) is 52.7 Å². The van der Waals surface area contributed by atoms with Crippen molar-refractivity contribution in [2.24, 2.45) is 0 Å². The van der Waals surface area contributed by atoms with Gasteiger partial charge in [-0.05, 0) is 38.1 Å². The summed E-state index contributed by atoms with van der Waals surface area (Å²) in [6.07, 6.45) is 1.45. The molecule has 2 saturated heterocycles. The van der Waals surface area contributed by atoms with Gasteiger partial charge in [-0.1, -0.05) is 11.6 Å². The number of halogens is 1. The molecule has 2 aliphatic heterocycles. The molecule has 0 atom stereocenters. The van der Waals surface area contributed by atoms with Gasteiger partial charge in [0.25, 0.3) is 5.91 Å². The second-order valence-corrected chi connectivity index (χ2v) is 7.22. The third kappa shape index (κ3) is 3.02. The molecule has 0 radical (unpaired) electrons. The number of likely N-dealkylation sites (tertiary alicyclic amines) is 1. The number of ether oxygens (including phenoxy) is 2. The lowest BCUT2D eigenvalue weighted by Crippen LogP contribution is -2.47. The minimum Gasteiger partial charge on any atom is -0.347 e. The molecule has 1 amide bonds. The van der Waals surface area contributed by atoms with Crippen LogP contribution in [0.15, 0.2) is 24.3 Å². The summed E-state index contributed by atoms with van der Waals surface area (Å²) >= 11 is 6.22. The molecule has 0 unspecified atom stereocenters. The van der Waals surface area contributed by atoms with Crippen molar-refractivity contribution in [3.8, 4) is 5.69 Å². The molecule has 0 N–H and O–H groups in total. The molecule has 3 heterocycles. The van der Waals surface area contributed by atoms with E-state index < -0.39 is 5.79 Å². The molecule has 2 aromatic rings. The molecular formula is C19H22ClN3O3. The van der Waals surface area contributed by atoms with Gasteiger partial charge in [-0.15, -0.1) is 0 Å². The number of nitrogens with zero attached hydrogens (tertiary/aromatic N) is 3. The molecule has 7 heteroatoms. The van der Waals surface area contributed by atoms with E-state index in [2.05, 4.69) is 5.10 Å². The van der Waals surface area contributed by atoms with E-state index in [0.717, 1.165) is 29.9 Å². The third-order valence-electron chi connectivity index (χ3n) is 5.19. The Morgan fingerprint density at radius 3 is 2.27 bits per heavy atom. The normalized spacial score (nSPS) is 19.3. The van der Waals surface area contributed by atoms with Gasteiger partial charge in [0.1, 0.15) is 0 Å². The number of hydrogen-bond donors (Lipinski definition) is 0. The Morgan fingerprint density at radius 1 is 1.12 bits per heavy atom. The van der Waals surface area contributed by atoms with E-state index in [1.54, 1.807) is 4.68 Å². The second-order valence-electron chi connectivity index (χ2n) is 6.84. The SMILES string of the molecule is Cc1nn(-c2ccc(C(=O)N3CCC4(CC3)OCCO4)cc2)c(C)c1Cl. The lowest BCUT2D eigenvalue weighted by molar-refractivity contribution is -0.181. The van der Waals surface area contributed by atoms with Gasteiger partial charge in [-0.3, -0.25) is 4.79 Å². The average molecular weight is 376 g/mol. The molecular weight excluding hydrogens is 354 g/mol. The highest BCUT2D eigenvalue weighted by Crippen LogP contribution is 2.31. The monoisotopic (exact) mass is 375 g/mol. The van der Waals surface area contributed by atoms with Gasteiger partial charge < -0.3 is 14.4 Å². The highest BCUT2D eigenvalue weighted by Gasteiger charge is 2.40. The fourth-order valence-corrected chi connectivity index (χ4v) is 3.76. The van der Waals surface area contributed by atoms with Crippen molar-refractivity contribution in [2.45, 2.75) is 32.5 Å². The largest absolute Gasteiger partial charge is 0.347 e. The van der Waals surface area contributed by atoms with Crippen LogP contribution in [0, 0.1) is 13.8 Å². The first kappa shape index (κ1) is 17.5. The number of amides is 1. The number of hydrogen-bond acceptors (Lipinski definition) is 4. The fourth-order valence-electron chi connectivity index (χ4n) is 3.64. The second kappa shape index (κ2) is 6.68. The van der Waals surface area contributed by atoms with Crippen molar-refractivity contribution in [3.05, 3.63) is 46.2 Å². The van der Waals surface area contributed by atoms with E-state index in [-0.39, 0.29) is 5.91 Å². The zero-order valence-corrected chi connectivity index (χ0v) is 15.8. The Balaban J connectivity index is 1.47. The molecule has 4 rings (SSSR count). The van der Waals surface area contributed by atoms with Crippen LogP contribution in [0.4, 0.5) is 0 Å². The summed E-state index contributed by atoms with van der Waals surface area (Å²) in [4.78, 5) is 14.6. The Kier molecular flexibility index (Phi) is 4.50. The molecule has 2 fully saturated rings. The Morgan fingerprint density at radius 2 is 1.73 bits per heavy atom. The van der Waals surface area contributed by atoms with Crippen molar-refractivity contribution < 1.29 is 14.3 Å². The predicted molar refractivity (Wildman–Crippen MR) is 97.8 cm³/mol. The van der Waals surface area contributed by atoms with Gasteiger partial charge in [-0.25, -0.2) is 4.68 Å². The van der Waals surface area contributed by atoms with E-state index >= 15 is 0 Å². The molecule has 1 spiro atoms. The minimum atomic E-state index is -0.463. The van der Waals surface area contributed by atoms with Crippen LogP contribution in [-0.2, 0) is 9.47 Å². The van der Waals surface area contributed by atoms with Crippen molar-refractivity contribution in [1.29, 1.82) is 0 Å². The van der Waals surface area contributed by atoms with E-state index in [0.29, 0.717) is 36.9 Å². The minimum absolute atomic E-state index is 0.0378. The first-order valence-electron chi connectivity index (χ1n) is 8.88. The van der Waals surface area contributed by atoms with Crippen LogP contribution >= 0.6 is 11.6 Å². The Hall–Kier alpha value is -1.89. The summed E-state index contributed by atoms with van der Waals surface area (Å²) in [7, 11) is 0. The Bertz CT molecular complexity index is 815. The summed E-state index contributed by atoms with van der Waals surface area (Å²) in [5.41, 5.74) is 3.24. The summed E-state index contributed by atoms with van der Waals surface area (Å²) in [6.45, 7) is 6.39. The van der Waals surface area contributed by atoms with Crippen LogP contribution in [0.5, 0.6) is 0 Å². The predicted octanol–water partition coefficient (Wildman–Crippen LogP) is 3.12. The van der Waals surface area contributed by atoms with Crippen molar-refractivity contribution in [3.63, 3.8) is 0 Å². The number of carbonyl (C=O) groups is 1. The van der Waals surface area contributed by atoms with E-state index in [1.807, 2.05) is 43.0 Å². The number of piperidine rings is 1. The maximum absolute atomic E-state index is 12.8. The summed E-state index contributed by atoms with van der Waals surface area (Å²) in [6, 6.07) is 7.49. The van der Waals surface area contributed by atoms with Gasteiger partial charge >= 0.3 is 0 Å². The lowest BCUT2D eigenvalue weighted by atomic mass is 10.0. The smallest absolute Gasteiger partial charge is 0.253 e. The average Bonchev–Trinajstić information content (AvgIpc) is 3.22. The van der Waals surface area contributed by atoms with Crippen molar-refractivity contribution >= 4 is 17.5 Å². The number of carbonyl (C=O) groups excluding carboxylic acids is 1. The molecule has 2 aliphatic rings. The van der Waals surface area contributed by atoms with Gasteiger partial charge in [0, 0.05) is 31.5 Å². The van der Waals surface area contributed by atoms with E-state index in [1.165, 1.54) is 0 Å². The van der Waals surface area contributed by atoms with Crippen molar-refractivity contribution in [2.75, 3.05) is 26.3 Å². The third-order valence-corrected chi connectivity index (χ3v) is 5.73. The van der Waals surface area contributed by atoms with Crippen LogP contribution in [0.1, 0.15) is 34.6 Å². The lowest BCUT2D eigenvalue weighted by Gasteiger charge is -2.37. The van der Waals surface area contributed by atoms with Gasteiger partial charge in [0.15, 0.2) is 5.79 Å². The molecule has 6 nitrogen and oxygen atoms in total. The van der Waals surface area contributed by atoms with Crippen LogP contribution in [0.3, 0.4) is 0 Å². The standard InChI is InChI=1S/C19H22ClN3O3/c1-13-17(20)14(2)23(21-13)16-5-3-15(4-6-16)18(24)22-9-7-19(8-10-22)25-11-12-26-19/h3-6H,7-12H2,1-2H3. The molecule has 0 bridgehead atoms. The van der Waals surface area contributed by atoms with E-state index in [4.69, 9.17) is 21.1 Å². The van der Waals surface area contributed by atoms with Gasteiger partial charge in [0.2, 0.25) is 0 Å². The highest BCUT2D eigenvalue weighted by molar-refractivity contribution is 6.31. The first-order valence-corrected chi connectivity index (χ1v) is 9.26.